The third-order valence-electron chi connectivity index (χ3n) is 2.26. The van der Waals surface area contributed by atoms with Gasteiger partial charge < -0.3 is 15.3 Å². The van der Waals surface area contributed by atoms with Crippen LogP contribution in [0.5, 0.6) is 17.5 Å². The van der Waals surface area contributed by atoms with Gasteiger partial charge in [-0.1, -0.05) is 26.2 Å². The van der Waals surface area contributed by atoms with E-state index in [1.807, 2.05) is 0 Å². The van der Waals surface area contributed by atoms with Gasteiger partial charge in [0.05, 0.1) is 0 Å². The number of aromatic nitrogens is 1. The lowest BCUT2D eigenvalue weighted by molar-refractivity contribution is 0.346. The SMILES string of the molecule is CCCCCCn1c(O)cc(O)c1O. The molecule has 0 amide bonds. The highest BCUT2D eigenvalue weighted by molar-refractivity contribution is 5.39. The van der Waals surface area contributed by atoms with Gasteiger partial charge in [0, 0.05) is 12.6 Å². The molecule has 0 aromatic carbocycles. The molecule has 0 bridgehead atoms. The van der Waals surface area contributed by atoms with E-state index in [0.717, 1.165) is 31.7 Å². The lowest BCUT2D eigenvalue weighted by Gasteiger charge is -2.05. The van der Waals surface area contributed by atoms with Crippen LogP contribution in [0.15, 0.2) is 6.07 Å². The highest BCUT2D eigenvalue weighted by Gasteiger charge is 2.11. The van der Waals surface area contributed by atoms with Crippen molar-refractivity contribution in [2.75, 3.05) is 0 Å². The largest absolute Gasteiger partial charge is 0.503 e. The van der Waals surface area contributed by atoms with Gasteiger partial charge in [-0.2, -0.15) is 0 Å². The van der Waals surface area contributed by atoms with Gasteiger partial charge in [0.2, 0.25) is 5.88 Å². The quantitative estimate of drug-likeness (QED) is 0.637. The summed E-state index contributed by atoms with van der Waals surface area (Å²) in [6.45, 7) is 2.66. The van der Waals surface area contributed by atoms with E-state index in [2.05, 4.69) is 6.92 Å². The van der Waals surface area contributed by atoms with Gasteiger partial charge >= 0.3 is 0 Å². The van der Waals surface area contributed by atoms with Gasteiger partial charge in [-0.15, -0.1) is 0 Å². The van der Waals surface area contributed by atoms with Crippen LogP contribution in [0.25, 0.3) is 0 Å². The molecular weight excluding hydrogens is 182 g/mol. The van der Waals surface area contributed by atoms with Crippen molar-refractivity contribution in [1.82, 2.24) is 4.57 Å². The molecule has 80 valence electrons. The third-order valence-corrected chi connectivity index (χ3v) is 2.26. The van der Waals surface area contributed by atoms with Gasteiger partial charge in [0.15, 0.2) is 11.6 Å². The molecule has 0 atom stereocenters. The Labute approximate surface area is 83.4 Å². The minimum Gasteiger partial charge on any atom is -0.503 e. The van der Waals surface area contributed by atoms with Crippen molar-refractivity contribution in [3.05, 3.63) is 6.07 Å². The molecule has 1 heterocycles. The zero-order valence-electron chi connectivity index (χ0n) is 8.40. The van der Waals surface area contributed by atoms with Crippen molar-refractivity contribution < 1.29 is 15.3 Å². The Morgan fingerprint density at radius 1 is 1.14 bits per heavy atom. The summed E-state index contributed by atoms with van der Waals surface area (Å²) in [5, 5.41) is 27.7. The maximum Gasteiger partial charge on any atom is 0.237 e. The molecule has 14 heavy (non-hydrogen) atoms. The van der Waals surface area contributed by atoms with Gasteiger partial charge in [0.1, 0.15) is 0 Å². The molecule has 0 aliphatic rings. The molecule has 3 N–H and O–H groups in total. The molecule has 1 aromatic rings. The highest BCUT2D eigenvalue weighted by atomic mass is 16.3. The lowest BCUT2D eigenvalue weighted by atomic mass is 10.2. The van der Waals surface area contributed by atoms with Crippen LogP contribution in [0.3, 0.4) is 0 Å². The first kappa shape index (κ1) is 10.8. The molecule has 1 aromatic heterocycles. The molecule has 1 rings (SSSR count). The molecule has 0 saturated carbocycles. The van der Waals surface area contributed by atoms with Crippen LogP contribution in [0, 0.1) is 0 Å². The summed E-state index contributed by atoms with van der Waals surface area (Å²) in [6.07, 6.45) is 4.25. The number of hydrogen-bond acceptors (Lipinski definition) is 3. The summed E-state index contributed by atoms with van der Waals surface area (Å²) in [7, 11) is 0. The van der Waals surface area contributed by atoms with Gasteiger partial charge in [-0.05, 0) is 6.42 Å². The molecule has 0 spiro atoms. The van der Waals surface area contributed by atoms with Crippen molar-refractivity contribution in [2.24, 2.45) is 0 Å². The number of rotatable bonds is 5. The van der Waals surface area contributed by atoms with Crippen molar-refractivity contribution >= 4 is 0 Å². The van der Waals surface area contributed by atoms with Crippen molar-refractivity contribution in [1.29, 1.82) is 0 Å². The smallest absolute Gasteiger partial charge is 0.237 e. The first-order chi connectivity index (χ1) is 6.66. The predicted molar refractivity (Wildman–Crippen MR) is 53.6 cm³/mol. The second-order valence-electron chi connectivity index (χ2n) is 3.42. The van der Waals surface area contributed by atoms with E-state index in [4.69, 9.17) is 5.11 Å². The number of hydrogen-bond donors (Lipinski definition) is 3. The van der Waals surface area contributed by atoms with E-state index in [9.17, 15) is 10.2 Å². The van der Waals surface area contributed by atoms with E-state index >= 15 is 0 Å². The van der Waals surface area contributed by atoms with Crippen LogP contribution in [-0.4, -0.2) is 19.9 Å². The van der Waals surface area contributed by atoms with Gasteiger partial charge in [-0.3, -0.25) is 4.57 Å². The van der Waals surface area contributed by atoms with Crippen LogP contribution in [-0.2, 0) is 6.54 Å². The minimum atomic E-state index is -0.266. The average molecular weight is 199 g/mol. The normalized spacial score (nSPS) is 10.6. The Morgan fingerprint density at radius 3 is 2.36 bits per heavy atom. The highest BCUT2D eigenvalue weighted by Crippen LogP contribution is 2.33. The van der Waals surface area contributed by atoms with E-state index in [1.165, 1.54) is 4.57 Å². The van der Waals surface area contributed by atoms with Crippen LogP contribution >= 0.6 is 0 Å². The second kappa shape index (κ2) is 4.79. The van der Waals surface area contributed by atoms with Gasteiger partial charge in [-0.25, -0.2) is 0 Å². The number of unbranched alkanes of at least 4 members (excludes halogenated alkanes) is 3. The fourth-order valence-corrected chi connectivity index (χ4v) is 1.43. The molecule has 0 aliphatic heterocycles. The maximum absolute atomic E-state index is 9.33. The minimum absolute atomic E-state index is 0.0866. The summed E-state index contributed by atoms with van der Waals surface area (Å²) in [6, 6.07) is 1.15. The zero-order valence-corrected chi connectivity index (χ0v) is 8.40. The third kappa shape index (κ3) is 2.34. The molecular formula is C10H17NO3. The van der Waals surface area contributed by atoms with Crippen molar-refractivity contribution in [2.45, 2.75) is 39.2 Å². The fraction of sp³-hybridized carbons (Fsp3) is 0.600. The van der Waals surface area contributed by atoms with Crippen LogP contribution in [0.4, 0.5) is 0 Å². The molecule has 0 aliphatic carbocycles. The first-order valence-electron chi connectivity index (χ1n) is 4.97. The second-order valence-corrected chi connectivity index (χ2v) is 3.42. The van der Waals surface area contributed by atoms with E-state index in [-0.39, 0.29) is 17.5 Å². The molecule has 0 saturated heterocycles. The van der Waals surface area contributed by atoms with Crippen molar-refractivity contribution in [3.8, 4) is 17.5 Å². The van der Waals surface area contributed by atoms with E-state index in [1.54, 1.807) is 0 Å². The maximum atomic E-state index is 9.33. The molecule has 4 heteroatoms. The van der Waals surface area contributed by atoms with Crippen LogP contribution < -0.4 is 0 Å². The lowest BCUT2D eigenvalue weighted by Crippen LogP contribution is -1.96. The fourth-order valence-electron chi connectivity index (χ4n) is 1.43. The van der Waals surface area contributed by atoms with E-state index < -0.39 is 0 Å². The Morgan fingerprint density at radius 2 is 1.86 bits per heavy atom. The van der Waals surface area contributed by atoms with Gasteiger partial charge in [0.25, 0.3) is 0 Å². The molecule has 0 unspecified atom stereocenters. The summed E-state index contributed by atoms with van der Waals surface area (Å²) in [4.78, 5) is 0. The summed E-state index contributed by atoms with van der Waals surface area (Å²) in [5.41, 5.74) is 0. The summed E-state index contributed by atoms with van der Waals surface area (Å²) < 4.78 is 1.31. The zero-order chi connectivity index (χ0) is 10.6. The summed E-state index contributed by atoms with van der Waals surface area (Å²) in [5.74, 6) is -0.603. The molecule has 0 radical (unpaired) electrons. The molecule has 0 fully saturated rings. The monoisotopic (exact) mass is 199 g/mol. The first-order valence-corrected chi connectivity index (χ1v) is 4.97. The Bertz CT molecular complexity index is 294. The average Bonchev–Trinajstić information content (AvgIpc) is 2.38. The van der Waals surface area contributed by atoms with E-state index in [0.29, 0.717) is 6.54 Å². The molecule has 4 nitrogen and oxygen atoms in total. The van der Waals surface area contributed by atoms with Crippen LogP contribution in [0.2, 0.25) is 0 Å². The predicted octanol–water partition coefficient (Wildman–Crippen LogP) is 2.19. The standard InChI is InChI=1S/C10H17NO3/c1-2-3-4-5-6-11-9(13)7-8(12)10(11)14/h7,12-14H,2-6H2,1H3. The number of nitrogens with zero attached hydrogens (tertiary/aromatic N) is 1. The number of aromatic hydroxyl groups is 3. The topological polar surface area (TPSA) is 65.6 Å². The van der Waals surface area contributed by atoms with Crippen LogP contribution in [0.1, 0.15) is 32.6 Å². The Kier molecular flexibility index (Phi) is 3.68. The Hall–Kier alpha value is -1.32. The van der Waals surface area contributed by atoms with Crippen molar-refractivity contribution in [3.63, 3.8) is 0 Å². The Balaban J connectivity index is 2.49. The summed E-state index contributed by atoms with van der Waals surface area (Å²) >= 11 is 0.